The van der Waals surface area contributed by atoms with Crippen molar-refractivity contribution in [3.63, 3.8) is 0 Å². The Hall–Kier alpha value is -0.540. The van der Waals surface area contributed by atoms with Crippen LogP contribution in [0.3, 0.4) is 0 Å². The van der Waals surface area contributed by atoms with E-state index in [1.807, 2.05) is 0 Å². The van der Waals surface area contributed by atoms with Gasteiger partial charge in [0.05, 0.1) is 4.99 Å². The van der Waals surface area contributed by atoms with Crippen LogP contribution in [0.25, 0.3) is 0 Å². The van der Waals surface area contributed by atoms with Gasteiger partial charge in [-0.3, -0.25) is 0 Å². The second-order valence-electron chi connectivity index (χ2n) is 8.12. The summed E-state index contributed by atoms with van der Waals surface area (Å²) >= 11 is 7.90. The van der Waals surface area contributed by atoms with Crippen molar-refractivity contribution in [1.29, 1.82) is 0 Å². The van der Waals surface area contributed by atoms with E-state index in [1.165, 1.54) is 44.1 Å². The molecular weight excluding hydrogens is 306 g/mol. The van der Waals surface area contributed by atoms with Crippen molar-refractivity contribution in [2.24, 2.45) is 23.0 Å². The third kappa shape index (κ3) is 1.76. The van der Waals surface area contributed by atoms with Gasteiger partial charge in [0, 0.05) is 15.9 Å². The quantitative estimate of drug-likeness (QED) is 0.834. The summed E-state index contributed by atoms with van der Waals surface area (Å²) in [5.74, 6) is 1.56. The van der Waals surface area contributed by atoms with Gasteiger partial charge in [-0.1, -0.05) is 42.5 Å². The molecule has 1 aromatic carbocycles. The number of rotatable bonds is 4. The van der Waals surface area contributed by atoms with Crippen molar-refractivity contribution >= 4 is 29.0 Å². The van der Waals surface area contributed by atoms with Crippen LogP contribution in [-0.4, -0.2) is 15.5 Å². The lowest BCUT2D eigenvalue weighted by atomic mass is 9.63. The lowest BCUT2D eigenvalue weighted by Crippen LogP contribution is -2.40. The first kappa shape index (κ1) is 13.9. The normalized spacial score (nSPS) is 45.4. The Labute approximate surface area is 142 Å². The van der Waals surface area contributed by atoms with Crippen LogP contribution in [0.4, 0.5) is 0 Å². The molecule has 5 unspecified atom stereocenters. The third-order valence-electron chi connectivity index (χ3n) is 6.87. The van der Waals surface area contributed by atoms with Crippen LogP contribution in [0.15, 0.2) is 30.3 Å². The smallest absolute Gasteiger partial charge is 0.0793 e. The molecule has 22 heavy (non-hydrogen) atoms. The number of hydrogen-bond donors (Lipinski definition) is 1. The largest absolute Gasteiger partial charge is 0.393 e. The molecule has 0 amide bonds. The average Bonchev–Trinajstić information content (AvgIpc) is 3.27. The Morgan fingerprint density at radius 1 is 1.14 bits per heavy atom. The zero-order chi connectivity index (χ0) is 14.9. The van der Waals surface area contributed by atoms with Gasteiger partial charge in [-0.05, 0) is 61.3 Å². The molecule has 5 fully saturated rings. The minimum Gasteiger partial charge on any atom is -0.393 e. The highest BCUT2D eigenvalue weighted by Crippen LogP contribution is 2.73. The summed E-state index contributed by atoms with van der Waals surface area (Å²) in [6, 6.07) is 11.2. The van der Waals surface area contributed by atoms with Crippen molar-refractivity contribution in [2.45, 2.75) is 54.4 Å². The van der Waals surface area contributed by atoms with Gasteiger partial charge in [0.25, 0.3) is 0 Å². The third-order valence-corrected chi connectivity index (χ3v) is 9.16. The molecule has 3 heteroatoms. The van der Waals surface area contributed by atoms with E-state index >= 15 is 0 Å². The van der Waals surface area contributed by atoms with Gasteiger partial charge in [-0.15, -0.1) is 0 Å². The summed E-state index contributed by atoms with van der Waals surface area (Å²) in [4.78, 5) is 0.818. The number of hydrogen-bond acceptors (Lipinski definition) is 2. The molecule has 5 saturated carbocycles. The van der Waals surface area contributed by atoms with Crippen molar-refractivity contribution < 1.29 is 0 Å². The molecule has 4 bridgehead atoms. The van der Waals surface area contributed by atoms with Gasteiger partial charge in [0.1, 0.15) is 0 Å². The summed E-state index contributed by atoms with van der Waals surface area (Å²) in [6.45, 7) is 0. The first-order chi connectivity index (χ1) is 10.6. The maximum atomic E-state index is 6.32. The number of nitrogens with two attached hydrogens (primary N) is 1. The molecule has 116 valence electrons. The zero-order valence-corrected chi connectivity index (χ0v) is 14.5. The second-order valence-corrected chi connectivity index (χ2v) is 10.0. The molecule has 5 aliphatic carbocycles. The highest BCUT2D eigenvalue weighted by atomic mass is 32.2. The molecule has 6 rings (SSSR count). The minimum atomic E-state index is 0.167. The Balaban J connectivity index is 1.55. The maximum Gasteiger partial charge on any atom is 0.0793 e. The summed E-state index contributed by atoms with van der Waals surface area (Å²) in [7, 11) is 0. The predicted octanol–water partition coefficient (Wildman–Crippen LogP) is 4.29. The van der Waals surface area contributed by atoms with Gasteiger partial charge in [-0.25, -0.2) is 0 Å². The van der Waals surface area contributed by atoms with Crippen LogP contribution in [0, 0.1) is 17.3 Å². The van der Waals surface area contributed by atoms with Crippen LogP contribution in [0.1, 0.15) is 44.1 Å². The number of thioether (sulfide) groups is 1. The van der Waals surface area contributed by atoms with Gasteiger partial charge in [0.15, 0.2) is 0 Å². The van der Waals surface area contributed by atoms with Crippen LogP contribution in [-0.2, 0) is 5.41 Å². The van der Waals surface area contributed by atoms with Crippen LogP contribution in [0.2, 0.25) is 0 Å². The summed E-state index contributed by atoms with van der Waals surface area (Å²) in [6.07, 6.45) is 8.03. The van der Waals surface area contributed by atoms with E-state index in [4.69, 9.17) is 18.0 Å². The fourth-order valence-electron chi connectivity index (χ4n) is 5.97. The Bertz CT molecular complexity index is 626. The summed E-state index contributed by atoms with van der Waals surface area (Å²) in [5, 5.41) is 1.77. The molecule has 0 aromatic heterocycles. The molecule has 0 saturated heterocycles. The van der Waals surface area contributed by atoms with Gasteiger partial charge in [-0.2, -0.15) is 11.8 Å². The summed E-state index contributed by atoms with van der Waals surface area (Å²) in [5.41, 5.74) is 8.39. The first-order valence-electron chi connectivity index (χ1n) is 8.64. The monoisotopic (exact) mass is 329 g/mol. The van der Waals surface area contributed by atoms with E-state index < -0.39 is 0 Å². The van der Waals surface area contributed by atoms with Gasteiger partial charge in [0.2, 0.25) is 0 Å². The van der Waals surface area contributed by atoms with E-state index in [2.05, 4.69) is 42.1 Å². The molecular formula is C19H23NS2. The lowest BCUT2D eigenvalue weighted by molar-refractivity contribution is 0.221. The van der Waals surface area contributed by atoms with E-state index in [-0.39, 0.29) is 5.41 Å². The van der Waals surface area contributed by atoms with Crippen LogP contribution in [0.5, 0.6) is 0 Å². The summed E-state index contributed by atoms with van der Waals surface area (Å²) < 4.78 is 0. The number of benzene rings is 1. The molecule has 0 heterocycles. The highest BCUT2D eigenvalue weighted by Gasteiger charge is 2.69. The minimum absolute atomic E-state index is 0.167. The standard InChI is InChI=1S/C19H23NS2/c20-17(21)19-9-12-8-18(11-19,13-4-2-1-3-5-13)10-15(19)16(12)22-14-6-7-14/h1-5,12,14-16H,6-11H2,(H2,20,21). The van der Waals surface area contributed by atoms with Crippen molar-refractivity contribution in [3.05, 3.63) is 35.9 Å². The van der Waals surface area contributed by atoms with E-state index in [0.717, 1.165) is 27.3 Å². The topological polar surface area (TPSA) is 26.0 Å². The Kier molecular flexibility index (Phi) is 2.84. The molecule has 5 aliphatic rings. The van der Waals surface area contributed by atoms with E-state index in [1.54, 1.807) is 0 Å². The second kappa shape index (κ2) is 4.51. The molecule has 0 spiro atoms. The van der Waals surface area contributed by atoms with Crippen molar-refractivity contribution in [2.75, 3.05) is 0 Å². The average molecular weight is 330 g/mol. The Morgan fingerprint density at radius 3 is 2.59 bits per heavy atom. The van der Waals surface area contributed by atoms with Gasteiger partial charge < -0.3 is 5.73 Å². The lowest BCUT2D eigenvalue weighted by Gasteiger charge is -2.43. The van der Waals surface area contributed by atoms with Gasteiger partial charge >= 0.3 is 0 Å². The molecule has 0 aliphatic heterocycles. The van der Waals surface area contributed by atoms with Crippen LogP contribution >= 0.6 is 24.0 Å². The fraction of sp³-hybridized carbons (Fsp3) is 0.632. The highest BCUT2D eigenvalue weighted by molar-refractivity contribution is 8.00. The molecule has 0 radical (unpaired) electrons. The van der Waals surface area contributed by atoms with E-state index in [0.29, 0.717) is 5.41 Å². The zero-order valence-electron chi connectivity index (χ0n) is 12.8. The van der Waals surface area contributed by atoms with Crippen molar-refractivity contribution in [1.82, 2.24) is 0 Å². The molecule has 5 atom stereocenters. The van der Waals surface area contributed by atoms with Crippen LogP contribution < -0.4 is 5.73 Å². The maximum absolute atomic E-state index is 6.32. The molecule has 1 aromatic rings. The van der Waals surface area contributed by atoms with Crippen molar-refractivity contribution in [3.8, 4) is 0 Å². The first-order valence-corrected chi connectivity index (χ1v) is 9.99. The Morgan fingerprint density at radius 2 is 1.91 bits per heavy atom. The number of thiocarbonyl (C=S) groups is 1. The molecule has 1 nitrogen and oxygen atoms in total. The molecule has 2 N–H and O–H groups in total. The van der Waals surface area contributed by atoms with E-state index in [9.17, 15) is 0 Å². The fourth-order valence-corrected chi connectivity index (χ4v) is 8.09. The predicted molar refractivity (Wildman–Crippen MR) is 97.2 cm³/mol. The SMILES string of the molecule is NC(=S)C12CC3CC(c4ccccc4)(CC1C3SC1CC1)C2.